The van der Waals surface area contributed by atoms with Gasteiger partial charge in [0.25, 0.3) is 0 Å². The van der Waals surface area contributed by atoms with E-state index in [4.69, 9.17) is 5.84 Å². The lowest BCUT2D eigenvalue weighted by Crippen LogP contribution is -2.55. The van der Waals surface area contributed by atoms with Crippen molar-refractivity contribution >= 4 is 0 Å². The van der Waals surface area contributed by atoms with Gasteiger partial charge in [0.15, 0.2) is 0 Å². The molecule has 0 aromatic rings. The highest BCUT2D eigenvalue weighted by atomic mass is 15.5. The van der Waals surface area contributed by atoms with Crippen molar-refractivity contribution in [3.8, 4) is 0 Å². The van der Waals surface area contributed by atoms with Crippen LogP contribution in [0.1, 0.15) is 20.3 Å². The van der Waals surface area contributed by atoms with Gasteiger partial charge >= 0.3 is 0 Å². The fraction of sp³-hybridized carbons (Fsp3) is 1.00. The van der Waals surface area contributed by atoms with Crippen LogP contribution >= 0.6 is 0 Å². The minimum atomic E-state index is 0.559. The zero-order valence-electron chi connectivity index (χ0n) is 8.45. The summed E-state index contributed by atoms with van der Waals surface area (Å²) < 4.78 is 0. The second kappa shape index (κ2) is 4.21. The lowest BCUT2D eigenvalue weighted by Gasteiger charge is -2.37. The Kier molecular flexibility index (Phi) is 3.50. The third kappa shape index (κ3) is 2.73. The number of likely N-dealkylation sites (N-methyl/N-ethyl adjacent to an activating group) is 1. The van der Waals surface area contributed by atoms with Crippen molar-refractivity contribution in [1.82, 2.24) is 9.91 Å². The van der Waals surface area contributed by atoms with Gasteiger partial charge in [-0.1, -0.05) is 13.8 Å². The van der Waals surface area contributed by atoms with Crippen molar-refractivity contribution in [3.63, 3.8) is 0 Å². The second-order valence-corrected chi connectivity index (χ2v) is 4.28. The first-order valence-corrected chi connectivity index (χ1v) is 4.79. The number of piperazine rings is 1. The normalized spacial score (nSPS) is 28.2. The fourth-order valence-corrected chi connectivity index (χ4v) is 1.78. The molecular formula is C9H21N3. The minimum Gasteiger partial charge on any atom is -0.303 e. The third-order valence-corrected chi connectivity index (χ3v) is 2.47. The van der Waals surface area contributed by atoms with E-state index < -0.39 is 0 Å². The van der Waals surface area contributed by atoms with Crippen molar-refractivity contribution in [1.29, 1.82) is 0 Å². The van der Waals surface area contributed by atoms with E-state index in [1.807, 2.05) is 5.01 Å². The van der Waals surface area contributed by atoms with Crippen LogP contribution in [0.25, 0.3) is 0 Å². The molecule has 1 fully saturated rings. The predicted octanol–water partition coefficient (Wildman–Crippen LogP) is 0.522. The van der Waals surface area contributed by atoms with Crippen LogP contribution in [-0.2, 0) is 0 Å². The standard InChI is InChI=1S/C9H21N3/c1-8(2)6-9-7-11(3)4-5-12(9)10/h8-9H,4-7,10H2,1-3H3. The Morgan fingerprint density at radius 3 is 2.67 bits per heavy atom. The Labute approximate surface area is 75.5 Å². The molecule has 1 heterocycles. The summed E-state index contributed by atoms with van der Waals surface area (Å²) in [6.45, 7) is 7.73. The molecule has 3 nitrogen and oxygen atoms in total. The van der Waals surface area contributed by atoms with E-state index in [0.29, 0.717) is 6.04 Å². The van der Waals surface area contributed by atoms with Crippen molar-refractivity contribution in [2.75, 3.05) is 26.7 Å². The molecule has 0 aromatic heterocycles. The van der Waals surface area contributed by atoms with Gasteiger partial charge < -0.3 is 4.90 Å². The molecule has 72 valence electrons. The summed E-state index contributed by atoms with van der Waals surface area (Å²) in [6, 6.07) is 0.559. The maximum atomic E-state index is 5.90. The van der Waals surface area contributed by atoms with E-state index in [1.54, 1.807) is 0 Å². The first-order chi connectivity index (χ1) is 5.59. The van der Waals surface area contributed by atoms with Gasteiger partial charge in [0.1, 0.15) is 0 Å². The lowest BCUT2D eigenvalue weighted by atomic mass is 10.0. The van der Waals surface area contributed by atoms with Crippen molar-refractivity contribution in [2.45, 2.75) is 26.3 Å². The number of rotatable bonds is 2. The van der Waals surface area contributed by atoms with E-state index in [9.17, 15) is 0 Å². The van der Waals surface area contributed by atoms with E-state index >= 15 is 0 Å². The molecule has 0 radical (unpaired) electrons. The molecule has 0 aromatic carbocycles. The lowest BCUT2D eigenvalue weighted by molar-refractivity contribution is 0.0776. The quantitative estimate of drug-likeness (QED) is 0.615. The molecule has 0 spiro atoms. The Morgan fingerprint density at radius 2 is 2.08 bits per heavy atom. The van der Waals surface area contributed by atoms with Gasteiger partial charge in [-0.15, -0.1) is 0 Å². The number of hydrogen-bond donors (Lipinski definition) is 1. The van der Waals surface area contributed by atoms with Crippen molar-refractivity contribution in [3.05, 3.63) is 0 Å². The van der Waals surface area contributed by atoms with E-state index in [-0.39, 0.29) is 0 Å². The predicted molar refractivity (Wildman–Crippen MR) is 51.6 cm³/mol. The van der Waals surface area contributed by atoms with Crippen molar-refractivity contribution < 1.29 is 0 Å². The Balaban J connectivity index is 2.38. The van der Waals surface area contributed by atoms with Crippen LogP contribution in [0, 0.1) is 5.92 Å². The first kappa shape index (κ1) is 9.96. The van der Waals surface area contributed by atoms with Crippen LogP contribution in [0.3, 0.4) is 0 Å². The van der Waals surface area contributed by atoms with Crippen LogP contribution in [0.4, 0.5) is 0 Å². The molecule has 0 saturated carbocycles. The molecule has 12 heavy (non-hydrogen) atoms. The molecule has 1 unspecified atom stereocenters. The summed E-state index contributed by atoms with van der Waals surface area (Å²) >= 11 is 0. The number of nitrogens with two attached hydrogens (primary N) is 1. The van der Waals surface area contributed by atoms with Gasteiger partial charge in [-0.05, 0) is 19.4 Å². The SMILES string of the molecule is CC(C)CC1CN(C)CCN1N. The van der Waals surface area contributed by atoms with Gasteiger partial charge in [-0.2, -0.15) is 0 Å². The molecule has 0 bridgehead atoms. The summed E-state index contributed by atoms with van der Waals surface area (Å²) in [5, 5.41) is 2.00. The molecule has 2 N–H and O–H groups in total. The Hall–Kier alpha value is -0.120. The highest BCUT2D eigenvalue weighted by molar-refractivity contribution is 4.77. The van der Waals surface area contributed by atoms with E-state index in [0.717, 1.165) is 25.6 Å². The highest BCUT2D eigenvalue weighted by Gasteiger charge is 2.22. The largest absolute Gasteiger partial charge is 0.303 e. The molecule has 1 atom stereocenters. The number of hydrogen-bond acceptors (Lipinski definition) is 3. The molecular weight excluding hydrogens is 150 g/mol. The van der Waals surface area contributed by atoms with Gasteiger partial charge in [0, 0.05) is 25.7 Å². The molecule has 1 rings (SSSR count). The molecule has 1 aliphatic rings. The smallest absolute Gasteiger partial charge is 0.0371 e. The fourth-order valence-electron chi connectivity index (χ4n) is 1.78. The second-order valence-electron chi connectivity index (χ2n) is 4.28. The topological polar surface area (TPSA) is 32.5 Å². The minimum absolute atomic E-state index is 0.559. The van der Waals surface area contributed by atoms with Crippen LogP contribution in [-0.4, -0.2) is 42.6 Å². The monoisotopic (exact) mass is 171 g/mol. The van der Waals surface area contributed by atoms with Gasteiger partial charge in [0.2, 0.25) is 0 Å². The van der Waals surface area contributed by atoms with Crippen molar-refractivity contribution in [2.24, 2.45) is 11.8 Å². The maximum absolute atomic E-state index is 5.90. The maximum Gasteiger partial charge on any atom is 0.0371 e. The molecule has 0 aliphatic carbocycles. The van der Waals surface area contributed by atoms with Crippen LogP contribution in [0.5, 0.6) is 0 Å². The molecule has 3 heteroatoms. The zero-order chi connectivity index (χ0) is 9.14. The number of nitrogens with zero attached hydrogens (tertiary/aromatic N) is 2. The Bertz CT molecular complexity index is 134. The van der Waals surface area contributed by atoms with E-state index in [2.05, 4.69) is 25.8 Å². The number of hydrazine groups is 1. The summed E-state index contributed by atoms with van der Waals surface area (Å²) in [5.41, 5.74) is 0. The first-order valence-electron chi connectivity index (χ1n) is 4.79. The van der Waals surface area contributed by atoms with Crippen LogP contribution in [0.15, 0.2) is 0 Å². The van der Waals surface area contributed by atoms with Crippen LogP contribution < -0.4 is 5.84 Å². The summed E-state index contributed by atoms with van der Waals surface area (Å²) in [7, 11) is 2.17. The third-order valence-electron chi connectivity index (χ3n) is 2.47. The molecule has 1 saturated heterocycles. The highest BCUT2D eigenvalue weighted by Crippen LogP contribution is 2.12. The average molecular weight is 171 g/mol. The summed E-state index contributed by atoms with van der Waals surface area (Å²) in [6.07, 6.45) is 1.21. The van der Waals surface area contributed by atoms with Gasteiger partial charge in [-0.25, -0.2) is 5.01 Å². The van der Waals surface area contributed by atoms with E-state index in [1.165, 1.54) is 6.42 Å². The van der Waals surface area contributed by atoms with Gasteiger partial charge in [0.05, 0.1) is 0 Å². The zero-order valence-corrected chi connectivity index (χ0v) is 8.45. The van der Waals surface area contributed by atoms with Gasteiger partial charge in [-0.3, -0.25) is 5.84 Å². The molecule has 0 amide bonds. The van der Waals surface area contributed by atoms with Crippen LogP contribution in [0.2, 0.25) is 0 Å². The summed E-state index contributed by atoms with van der Waals surface area (Å²) in [4.78, 5) is 2.36. The summed E-state index contributed by atoms with van der Waals surface area (Å²) in [5.74, 6) is 6.64. The average Bonchev–Trinajstić information content (AvgIpc) is 1.96. The Morgan fingerprint density at radius 1 is 1.42 bits per heavy atom. The molecule has 1 aliphatic heterocycles.